The van der Waals surface area contributed by atoms with Gasteiger partial charge in [-0.3, -0.25) is 4.79 Å². The van der Waals surface area contributed by atoms with Crippen molar-refractivity contribution in [1.29, 1.82) is 0 Å². The first-order valence-corrected chi connectivity index (χ1v) is 22.3. The Balaban J connectivity index is 0.979. The van der Waals surface area contributed by atoms with Crippen molar-refractivity contribution >= 4 is 109 Å². The quantitative estimate of drug-likeness (QED) is 0.154. The number of carbonyl (C=O) groups excluding carboxylic acids is 1. The molecule has 12 rings (SSSR count). The van der Waals surface area contributed by atoms with E-state index in [2.05, 4.69) is 48.5 Å². The van der Waals surface area contributed by atoms with Crippen LogP contribution in [0.4, 0.5) is 0 Å². The third-order valence-electron chi connectivity index (χ3n) is 11.4. The maximum Gasteiger partial charge on any atom is 0.453 e. The average Bonchev–Trinajstić information content (AvgIpc) is 3.59. The minimum Gasteiger partial charge on any atom is -0.390 e. The molecule has 0 amide bonds. The van der Waals surface area contributed by atoms with E-state index in [1.807, 2.05) is 109 Å². The van der Waals surface area contributed by atoms with Gasteiger partial charge in [0.05, 0.1) is 11.1 Å². The van der Waals surface area contributed by atoms with Crippen LogP contribution in [0.15, 0.2) is 211 Å². The first-order valence-electron chi connectivity index (χ1n) is 20.1. The van der Waals surface area contributed by atoms with E-state index >= 15 is 0 Å². The van der Waals surface area contributed by atoms with E-state index in [-0.39, 0.29) is 5.78 Å². The standard InChI is InChI=1S/C53H32O7P2/c54-53(41-21-9-11-23-43(41)55-61-57-45-29-25-33-13-1-5-17-37(33)49(45)50-38-18-6-2-14-34(38)26-30-46(50)58-61)42-22-10-12-24-44(42)56-62-59-47-31-27-35-15-3-7-19-39(35)51(47)52-40-20-8-4-16-36(40)28-32-48(52)60-62/h1-32H. The highest BCUT2D eigenvalue weighted by Crippen LogP contribution is 2.45. The zero-order valence-electron chi connectivity index (χ0n) is 32.7. The van der Waals surface area contributed by atoms with Gasteiger partial charge in [0, 0.05) is 21.5 Å². The number of hydrogen-bond donors (Lipinski definition) is 0. The lowest BCUT2D eigenvalue weighted by atomic mass is 9.99. The van der Waals surface area contributed by atoms with Gasteiger partial charge < -0.3 is 25.8 Å². The minimum absolute atomic E-state index is 0.305. The van der Waals surface area contributed by atoms with E-state index in [1.54, 1.807) is 36.4 Å². The first kappa shape index (κ1) is 36.2. The van der Waals surface area contributed by atoms with Crippen molar-refractivity contribution in [2.45, 2.75) is 0 Å². The zero-order valence-corrected chi connectivity index (χ0v) is 34.5. The molecule has 0 aliphatic heterocycles. The number of fused-ring (bicyclic) bond motifs is 14. The third-order valence-corrected chi connectivity index (χ3v) is 13.4. The predicted octanol–water partition coefficient (Wildman–Crippen LogP) is 16.4. The molecule has 2 aromatic heterocycles. The van der Waals surface area contributed by atoms with Crippen LogP contribution in [0, 0.1) is 0 Å². The van der Waals surface area contributed by atoms with Gasteiger partial charge in [0.2, 0.25) is 5.78 Å². The molecule has 0 fully saturated rings. The molecular weight excluding hydrogens is 811 g/mol. The topological polar surface area (TPSA) is 88.1 Å². The fraction of sp³-hybridized carbons (Fsp3) is 0. The highest BCUT2D eigenvalue weighted by atomic mass is 31.1. The fourth-order valence-electron chi connectivity index (χ4n) is 8.55. The van der Waals surface area contributed by atoms with Crippen molar-refractivity contribution in [3.63, 3.8) is 0 Å². The molecule has 0 saturated heterocycles. The summed E-state index contributed by atoms with van der Waals surface area (Å²) in [5, 5.41) is 12.2. The van der Waals surface area contributed by atoms with Crippen LogP contribution in [-0.4, -0.2) is 5.78 Å². The molecule has 7 nitrogen and oxygen atoms in total. The Bertz CT molecular complexity index is 3420. The first-order chi connectivity index (χ1) is 30.6. The van der Waals surface area contributed by atoms with Crippen molar-refractivity contribution in [1.82, 2.24) is 0 Å². The molecule has 9 heteroatoms. The van der Waals surface area contributed by atoms with E-state index < -0.39 is 16.5 Å². The normalized spacial score (nSPS) is 11.6. The van der Waals surface area contributed by atoms with Gasteiger partial charge >= 0.3 is 16.5 Å². The van der Waals surface area contributed by atoms with Crippen LogP contribution in [0.2, 0.25) is 0 Å². The van der Waals surface area contributed by atoms with Gasteiger partial charge in [-0.15, -0.1) is 0 Å². The van der Waals surface area contributed by atoms with Gasteiger partial charge in [-0.05, 0) is 91.6 Å². The molecule has 0 unspecified atom stereocenters. The van der Waals surface area contributed by atoms with Gasteiger partial charge in [-0.2, -0.15) is 0 Å². The molecule has 0 radical (unpaired) electrons. The Kier molecular flexibility index (Phi) is 8.63. The Morgan fingerprint density at radius 2 is 0.597 bits per heavy atom. The second-order valence-electron chi connectivity index (χ2n) is 15.0. The molecule has 0 aliphatic carbocycles. The van der Waals surface area contributed by atoms with Crippen LogP contribution in [0.1, 0.15) is 15.9 Å². The van der Waals surface area contributed by atoms with Gasteiger partial charge in [0.25, 0.3) is 0 Å². The van der Waals surface area contributed by atoms with Crippen molar-refractivity contribution in [2.75, 3.05) is 0 Å². The molecule has 2 heterocycles. The number of hydrogen-bond acceptors (Lipinski definition) is 7. The van der Waals surface area contributed by atoms with Crippen LogP contribution in [-0.2, 0) is 0 Å². The summed E-state index contributed by atoms with van der Waals surface area (Å²) in [6.07, 6.45) is 0. The largest absolute Gasteiger partial charge is 0.453 e. The molecule has 10 aromatic carbocycles. The van der Waals surface area contributed by atoms with Crippen molar-refractivity contribution in [2.24, 2.45) is 0 Å². The van der Waals surface area contributed by atoms with Crippen LogP contribution in [0.25, 0.3) is 87.0 Å². The van der Waals surface area contributed by atoms with E-state index in [9.17, 15) is 4.79 Å². The number of ketones is 1. The highest BCUT2D eigenvalue weighted by Gasteiger charge is 2.23. The lowest BCUT2D eigenvalue weighted by molar-refractivity contribution is 0.103. The maximum atomic E-state index is 14.8. The second-order valence-corrected chi connectivity index (χ2v) is 16.9. The highest BCUT2D eigenvalue weighted by molar-refractivity contribution is 7.32. The summed E-state index contributed by atoms with van der Waals surface area (Å²) in [6.45, 7) is 0. The monoisotopic (exact) mass is 842 g/mol. The molecule has 62 heavy (non-hydrogen) atoms. The predicted molar refractivity (Wildman–Crippen MR) is 251 cm³/mol. The molecule has 0 atom stereocenters. The molecule has 0 N–H and O–H groups in total. The lowest BCUT2D eigenvalue weighted by Crippen LogP contribution is -2.04. The van der Waals surface area contributed by atoms with Gasteiger partial charge in [-0.25, -0.2) is 0 Å². The van der Waals surface area contributed by atoms with Crippen LogP contribution >= 0.6 is 16.5 Å². The summed E-state index contributed by atoms with van der Waals surface area (Å²) in [7, 11) is -4.18. The van der Waals surface area contributed by atoms with E-state index in [0.29, 0.717) is 45.0 Å². The molecule has 0 aliphatic rings. The average molecular weight is 843 g/mol. The number of rotatable bonds is 6. The Labute approximate surface area is 355 Å². The van der Waals surface area contributed by atoms with Gasteiger partial charge in [-0.1, -0.05) is 146 Å². The van der Waals surface area contributed by atoms with Crippen LogP contribution in [0.3, 0.4) is 0 Å². The lowest BCUT2D eigenvalue weighted by Gasteiger charge is -2.11. The van der Waals surface area contributed by atoms with E-state index in [1.165, 1.54) is 0 Å². The summed E-state index contributed by atoms with van der Waals surface area (Å²) in [6, 6.07) is 63.2. The van der Waals surface area contributed by atoms with Crippen LogP contribution in [0.5, 0.6) is 11.5 Å². The number of para-hydroxylation sites is 2. The van der Waals surface area contributed by atoms with Crippen molar-refractivity contribution < 1.29 is 30.6 Å². The van der Waals surface area contributed by atoms with Crippen LogP contribution < -0.4 is 9.05 Å². The minimum atomic E-state index is -2.09. The maximum absolute atomic E-state index is 14.8. The number of carbonyl (C=O) groups is 1. The summed E-state index contributed by atoms with van der Waals surface area (Å²) in [4.78, 5) is 14.8. The smallest absolute Gasteiger partial charge is 0.390 e. The zero-order chi connectivity index (χ0) is 41.1. The Morgan fingerprint density at radius 3 is 0.919 bits per heavy atom. The fourth-order valence-corrected chi connectivity index (χ4v) is 10.7. The summed E-state index contributed by atoms with van der Waals surface area (Å²) in [5.74, 6) is 0.292. The van der Waals surface area contributed by atoms with Crippen molar-refractivity contribution in [3.8, 4) is 11.5 Å². The van der Waals surface area contributed by atoms with E-state index in [0.717, 1.165) is 64.6 Å². The van der Waals surface area contributed by atoms with E-state index in [4.69, 9.17) is 25.8 Å². The number of benzene rings is 10. The Morgan fingerprint density at radius 1 is 0.323 bits per heavy atom. The summed E-state index contributed by atoms with van der Waals surface area (Å²) >= 11 is 0. The molecule has 296 valence electrons. The molecular formula is C53H32O7P2. The van der Waals surface area contributed by atoms with Gasteiger partial charge in [0.15, 0.2) is 0 Å². The SMILES string of the molecule is O=C(c1ccccc1Op1oc2ccc3ccccc3c2c2c(ccc3ccccc32)o1)c1ccccc1Op1oc2ccc3ccccc3c2c2c(ccc3ccccc32)o1. The Hall–Kier alpha value is -7.69. The molecule has 0 bridgehead atoms. The summed E-state index contributed by atoms with van der Waals surface area (Å²) in [5.41, 5.74) is 3.13. The molecule has 0 saturated carbocycles. The third kappa shape index (κ3) is 6.10. The molecule has 0 spiro atoms. The van der Waals surface area contributed by atoms with Gasteiger partial charge in [0.1, 0.15) is 33.8 Å². The second kappa shape index (κ2) is 14.8. The van der Waals surface area contributed by atoms with Crippen molar-refractivity contribution in [3.05, 3.63) is 205 Å². The summed E-state index contributed by atoms with van der Waals surface area (Å²) < 4.78 is 39.8. The molecule has 12 aromatic rings.